The summed E-state index contributed by atoms with van der Waals surface area (Å²) in [5.41, 5.74) is 4.98. The molecule has 0 spiro atoms. The Morgan fingerprint density at radius 3 is 2.74 bits per heavy atom. The van der Waals surface area contributed by atoms with Crippen molar-refractivity contribution in [1.29, 1.82) is 0 Å². The summed E-state index contributed by atoms with van der Waals surface area (Å²) in [4.78, 5) is 14.2. The van der Waals surface area contributed by atoms with Gasteiger partial charge in [-0.3, -0.25) is 4.79 Å². The first-order chi connectivity index (χ1) is 8.89. The number of primary amides is 1. The number of likely N-dealkylation sites (tertiary alicyclic amines) is 1. The number of carbonyl (C=O) groups excluding carboxylic acids is 1. The molecule has 1 heterocycles. The van der Waals surface area contributed by atoms with Crippen molar-refractivity contribution in [2.45, 2.75) is 65.0 Å². The maximum atomic E-state index is 11.7. The fourth-order valence-electron chi connectivity index (χ4n) is 3.10. The normalized spacial score (nSPS) is 26.4. The Kier molecular flexibility index (Phi) is 6.27. The van der Waals surface area contributed by atoms with E-state index in [1.165, 1.54) is 19.3 Å². The minimum absolute atomic E-state index is 0.246. The van der Waals surface area contributed by atoms with E-state index in [1.807, 2.05) is 13.8 Å². The van der Waals surface area contributed by atoms with Crippen LogP contribution in [0, 0.1) is 5.92 Å². The van der Waals surface area contributed by atoms with Crippen LogP contribution in [-0.4, -0.2) is 42.0 Å². The minimum Gasteiger partial charge on any atom is -0.368 e. The molecule has 0 bridgehead atoms. The van der Waals surface area contributed by atoms with Gasteiger partial charge in [-0.1, -0.05) is 13.8 Å². The Labute approximate surface area is 118 Å². The quantitative estimate of drug-likeness (QED) is 0.772. The summed E-state index contributed by atoms with van der Waals surface area (Å²) in [6.45, 7) is 11.5. The van der Waals surface area contributed by atoms with Gasteiger partial charge in [-0.05, 0) is 65.1 Å². The van der Waals surface area contributed by atoms with Crippen LogP contribution in [0.5, 0.6) is 0 Å². The van der Waals surface area contributed by atoms with Gasteiger partial charge in [-0.2, -0.15) is 0 Å². The van der Waals surface area contributed by atoms with Crippen molar-refractivity contribution in [3.05, 3.63) is 0 Å². The highest BCUT2D eigenvalue weighted by molar-refractivity contribution is 5.84. The molecule has 3 N–H and O–H groups in total. The molecule has 0 aromatic rings. The summed E-state index contributed by atoms with van der Waals surface area (Å²) >= 11 is 0. The first-order valence-electron chi connectivity index (χ1n) is 7.68. The molecule has 19 heavy (non-hydrogen) atoms. The molecule has 1 fully saturated rings. The summed E-state index contributed by atoms with van der Waals surface area (Å²) in [5.74, 6) is 0.581. The zero-order valence-corrected chi connectivity index (χ0v) is 13.0. The third kappa shape index (κ3) is 4.77. The lowest BCUT2D eigenvalue weighted by atomic mass is 9.92. The third-order valence-corrected chi connectivity index (χ3v) is 4.49. The summed E-state index contributed by atoms with van der Waals surface area (Å²) in [6, 6.07) is 0.391. The second-order valence-corrected chi connectivity index (χ2v) is 6.35. The monoisotopic (exact) mass is 269 g/mol. The maximum Gasteiger partial charge on any atom is 0.237 e. The van der Waals surface area contributed by atoms with Gasteiger partial charge in [0.05, 0.1) is 5.54 Å². The number of hydrogen-bond donors (Lipinski definition) is 2. The molecule has 1 aliphatic rings. The van der Waals surface area contributed by atoms with Gasteiger partial charge in [0.2, 0.25) is 5.91 Å². The van der Waals surface area contributed by atoms with Crippen LogP contribution in [0.3, 0.4) is 0 Å². The molecule has 1 saturated heterocycles. The smallest absolute Gasteiger partial charge is 0.237 e. The average Bonchev–Trinajstić information content (AvgIpc) is 2.54. The molecule has 4 heteroatoms. The summed E-state index contributed by atoms with van der Waals surface area (Å²) in [7, 11) is 0. The Balaban J connectivity index is 2.60. The topological polar surface area (TPSA) is 58.4 Å². The van der Waals surface area contributed by atoms with Crippen molar-refractivity contribution in [3.63, 3.8) is 0 Å². The van der Waals surface area contributed by atoms with E-state index in [2.05, 4.69) is 24.1 Å². The number of amides is 1. The number of carbonyl (C=O) groups is 1. The van der Waals surface area contributed by atoms with Crippen LogP contribution in [0.2, 0.25) is 0 Å². The molecule has 1 rings (SSSR count). The van der Waals surface area contributed by atoms with Crippen molar-refractivity contribution in [2.24, 2.45) is 11.7 Å². The van der Waals surface area contributed by atoms with Crippen LogP contribution in [0.15, 0.2) is 0 Å². The van der Waals surface area contributed by atoms with E-state index in [9.17, 15) is 4.79 Å². The first kappa shape index (κ1) is 16.4. The van der Waals surface area contributed by atoms with Crippen LogP contribution in [-0.2, 0) is 4.79 Å². The summed E-state index contributed by atoms with van der Waals surface area (Å²) in [5, 5.41) is 3.25. The predicted octanol–water partition coefficient (Wildman–Crippen LogP) is 1.74. The van der Waals surface area contributed by atoms with E-state index in [1.54, 1.807) is 0 Å². The highest BCUT2D eigenvalue weighted by Gasteiger charge is 2.33. The summed E-state index contributed by atoms with van der Waals surface area (Å²) < 4.78 is 0. The molecule has 1 amide bonds. The lowest BCUT2D eigenvalue weighted by molar-refractivity contribution is -0.124. The number of likely N-dealkylation sites (N-methyl/N-ethyl adjacent to an activating group) is 1. The fourth-order valence-corrected chi connectivity index (χ4v) is 3.10. The standard InChI is InChI=1S/C15H31N3O/c1-5-17-15(4,14(16)19)11-13(3)18-9-6-7-12(2)8-10-18/h12-13,17H,5-11H2,1-4H3,(H2,16,19). The predicted molar refractivity (Wildman–Crippen MR) is 79.9 cm³/mol. The van der Waals surface area contributed by atoms with Crippen molar-refractivity contribution in [3.8, 4) is 0 Å². The largest absolute Gasteiger partial charge is 0.368 e. The molecule has 112 valence electrons. The minimum atomic E-state index is -0.591. The first-order valence-corrected chi connectivity index (χ1v) is 7.68. The van der Waals surface area contributed by atoms with Crippen molar-refractivity contribution in [1.82, 2.24) is 10.2 Å². The SMILES string of the molecule is CCNC(C)(CC(C)N1CCCC(C)CC1)C(N)=O. The Hall–Kier alpha value is -0.610. The van der Waals surface area contributed by atoms with Gasteiger partial charge in [0.25, 0.3) is 0 Å². The van der Waals surface area contributed by atoms with E-state index in [-0.39, 0.29) is 5.91 Å². The van der Waals surface area contributed by atoms with E-state index in [0.717, 1.165) is 32.0 Å². The highest BCUT2D eigenvalue weighted by Crippen LogP contribution is 2.22. The van der Waals surface area contributed by atoms with Crippen LogP contribution < -0.4 is 11.1 Å². The van der Waals surface area contributed by atoms with Gasteiger partial charge in [-0.15, -0.1) is 0 Å². The Morgan fingerprint density at radius 1 is 1.47 bits per heavy atom. The van der Waals surface area contributed by atoms with E-state index in [4.69, 9.17) is 5.73 Å². The second-order valence-electron chi connectivity index (χ2n) is 6.35. The highest BCUT2D eigenvalue weighted by atomic mass is 16.1. The van der Waals surface area contributed by atoms with Crippen molar-refractivity contribution < 1.29 is 4.79 Å². The lowest BCUT2D eigenvalue weighted by Gasteiger charge is -2.35. The van der Waals surface area contributed by atoms with Gasteiger partial charge in [0.1, 0.15) is 0 Å². The molecule has 1 aliphatic heterocycles. The molecular weight excluding hydrogens is 238 g/mol. The van der Waals surface area contributed by atoms with E-state index < -0.39 is 5.54 Å². The molecule has 0 saturated carbocycles. The zero-order chi connectivity index (χ0) is 14.5. The van der Waals surface area contributed by atoms with Crippen molar-refractivity contribution in [2.75, 3.05) is 19.6 Å². The summed E-state index contributed by atoms with van der Waals surface area (Å²) in [6.07, 6.45) is 4.63. The Morgan fingerprint density at radius 2 is 2.16 bits per heavy atom. The molecule has 0 aromatic heterocycles. The second kappa shape index (κ2) is 7.25. The molecule has 3 unspecified atom stereocenters. The number of hydrogen-bond acceptors (Lipinski definition) is 3. The number of nitrogens with one attached hydrogen (secondary N) is 1. The van der Waals surface area contributed by atoms with Gasteiger partial charge in [0.15, 0.2) is 0 Å². The molecule has 0 aliphatic carbocycles. The van der Waals surface area contributed by atoms with Gasteiger partial charge in [0, 0.05) is 6.04 Å². The van der Waals surface area contributed by atoms with Crippen LogP contribution in [0.4, 0.5) is 0 Å². The Bertz CT molecular complexity index is 295. The number of nitrogens with zero attached hydrogens (tertiary/aromatic N) is 1. The molecular formula is C15H31N3O. The van der Waals surface area contributed by atoms with Gasteiger partial charge >= 0.3 is 0 Å². The van der Waals surface area contributed by atoms with Crippen molar-refractivity contribution >= 4 is 5.91 Å². The van der Waals surface area contributed by atoms with Crippen LogP contribution in [0.1, 0.15) is 53.4 Å². The number of rotatable bonds is 6. The molecule has 0 aromatic carbocycles. The average molecular weight is 269 g/mol. The molecule has 0 radical (unpaired) electrons. The zero-order valence-electron chi connectivity index (χ0n) is 13.0. The molecule has 3 atom stereocenters. The third-order valence-electron chi connectivity index (χ3n) is 4.49. The van der Waals surface area contributed by atoms with Gasteiger partial charge < -0.3 is 16.0 Å². The van der Waals surface area contributed by atoms with Crippen LogP contribution in [0.25, 0.3) is 0 Å². The molecule has 4 nitrogen and oxygen atoms in total. The van der Waals surface area contributed by atoms with E-state index >= 15 is 0 Å². The maximum absolute atomic E-state index is 11.7. The fraction of sp³-hybridized carbons (Fsp3) is 0.933. The lowest BCUT2D eigenvalue weighted by Crippen LogP contribution is -2.56. The van der Waals surface area contributed by atoms with Gasteiger partial charge in [-0.25, -0.2) is 0 Å². The number of nitrogens with two attached hydrogens (primary N) is 1. The van der Waals surface area contributed by atoms with E-state index in [0.29, 0.717) is 6.04 Å². The van der Waals surface area contributed by atoms with Crippen LogP contribution >= 0.6 is 0 Å².